The molecule has 0 radical (unpaired) electrons. The molecule has 1 heterocycles. The fourth-order valence-corrected chi connectivity index (χ4v) is 5.95. The van der Waals surface area contributed by atoms with Crippen LogP contribution in [0, 0.1) is 34.5 Å². The number of piperidine rings is 1. The molecule has 0 bridgehead atoms. The lowest BCUT2D eigenvalue weighted by Crippen LogP contribution is -2.62. The zero-order chi connectivity index (χ0) is 31.7. The molecule has 3 rings (SSSR count). The number of carbonyl (C=O) groups excluding carboxylic acids is 6. The second-order valence-corrected chi connectivity index (χ2v) is 14.0. The molecule has 42 heavy (non-hydrogen) atoms. The van der Waals surface area contributed by atoms with Gasteiger partial charge >= 0.3 is 12.1 Å². The summed E-state index contributed by atoms with van der Waals surface area (Å²) in [6.45, 7) is 13.5. The molecule has 6 atom stereocenters. The first-order valence-electron chi connectivity index (χ1n) is 14.8. The number of nitrogens with zero attached hydrogens (tertiary/aromatic N) is 1. The SMILES string of the molecule is CNC(=O)OC[C@@H](NC(=O)N[C@H](C(=O)N1C[C@H]2[C@@H]([C@H]1C(=O)NC(CC1CC1)C(=O)C(N)=O)C2(C)C)C(C)(C)C)C(C)C. The van der Waals surface area contributed by atoms with E-state index in [0.29, 0.717) is 13.0 Å². The molecule has 1 unspecified atom stereocenters. The van der Waals surface area contributed by atoms with Crippen molar-refractivity contribution in [1.82, 2.24) is 26.2 Å². The first-order chi connectivity index (χ1) is 19.4. The fraction of sp³-hybridized carbons (Fsp3) is 0.793. The third-order valence-corrected chi connectivity index (χ3v) is 9.01. The van der Waals surface area contributed by atoms with Crippen molar-refractivity contribution in [2.75, 3.05) is 20.2 Å². The normalized spacial score (nSPS) is 24.5. The van der Waals surface area contributed by atoms with Crippen molar-refractivity contribution in [1.29, 1.82) is 0 Å². The quantitative estimate of drug-likeness (QED) is 0.208. The Morgan fingerprint density at radius 1 is 1.02 bits per heavy atom. The van der Waals surface area contributed by atoms with Crippen molar-refractivity contribution >= 4 is 35.6 Å². The van der Waals surface area contributed by atoms with Gasteiger partial charge in [0.25, 0.3) is 5.91 Å². The Kier molecular flexibility index (Phi) is 9.83. The number of hydrogen-bond donors (Lipinski definition) is 5. The van der Waals surface area contributed by atoms with Gasteiger partial charge in [0.15, 0.2) is 0 Å². The average molecular weight is 593 g/mol. The Bertz CT molecular complexity index is 1100. The number of nitrogens with two attached hydrogens (primary N) is 1. The van der Waals surface area contributed by atoms with E-state index in [0.717, 1.165) is 12.8 Å². The summed E-state index contributed by atoms with van der Waals surface area (Å²) in [5.74, 6) is -2.74. The number of ketones is 1. The molecular weight excluding hydrogens is 544 g/mol. The molecule has 2 aliphatic carbocycles. The zero-order valence-corrected chi connectivity index (χ0v) is 26.0. The van der Waals surface area contributed by atoms with Crippen LogP contribution >= 0.6 is 0 Å². The van der Waals surface area contributed by atoms with Crippen LogP contribution < -0.4 is 27.0 Å². The Morgan fingerprint density at radius 3 is 2.14 bits per heavy atom. The molecular formula is C29H48N6O7. The number of urea groups is 1. The van der Waals surface area contributed by atoms with E-state index in [1.807, 2.05) is 48.5 Å². The van der Waals surface area contributed by atoms with Crippen LogP contribution in [0.15, 0.2) is 0 Å². The van der Waals surface area contributed by atoms with Gasteiger partial charge in [-0.2, -0.15) is 0 Å². The molecule has 2 saturated carbocycles. The number of likely N-dealkylation sites (tertiary alicyclic amines) is 1. The second-order valence-electron chi connectivity index (χ2n) is 14.0. The van der Waals surface area contributed by atoms with Crippen molar-refractivity contribution in [3.63, 3.8) is 0 Å². The van der Waals surface area contributed by atoms with Crippen LogP contribution in [-0.2, 0) is 23.9 Å². The maximum absolute atomic E-state index is 14.1. The van der Waals surface area contributed by atoms with Gasteiger partial charge in [-0.3, -0.25) is 19.2 Å². The van der Waals surface area contributed by atoms with Gasteiger partial charge in [-0.1, -0.05) is 61.3 Å². The van der Waals surface area contributed by atoms with E-state index in [1.165, 1.54) is 11.9 Å². The third-order valence-electron chi connectivity index (χ3n) is 9.01. The first kappa shape index (κ1) is 33.1. The highest BCUT2D eigenvalue weighted by atomic mass is 16.5. The minimum Gasteiger partial charge on any atom is -0.447 e. The van der Waals surface area contributed by atoms with Crippen molar-refractivity contribution in [3.05, 3.63) is 0 Å². The predicted molar refractivity (Wildman–Crippen MR) is 154 cm³/mol. The molecule has 236 valence electrons. The molecule has 6 amide bonds. The molecule has 0 aromatic heterocycles. The van der Waals surface area contributed by atoms with E-state index < -0.39 is 65.2 Å². The Morgan fingerprint density at radius 2 is 1.64 bits per heavy atom. The molecule has 6 N–H and O–H groups in total. The van der Waals surface area contributed by atoms with E-state index >= 15 is 0 Å². The highest BCUT2D eigenvalue weighted by Crippen LogP contribution is 2.65. The van der Waals surface area contributed by atoms with Gasteiger partial charge in [-0.25, -0.2) is 9.59 Å². The van der Waals surface area contributed by atoms with E-state index in [-0.39, 0.29) is 35.7 Å². The summed E-state index contributed by atoms with van der Waals surface area (Å²) in [6.07, 6.45) is 1.54. The number of amides is 6. The lowest BCUT2D eigenvalue weighted by atomic mass is 9.85. The molecule has 1 saturated heterocycles. The van der Waals surface area contributed by atoms with Crippen LogP contribution in [0.1, 0.15) is 67.7 Å². The van der Waals surface area contributed by atoms with Gasteiger partial charge in [0.05, 0.1) is 12.1 Å². The van der Waals surface area contributed by atoms with Crippen molar-refractivity contribution < 1.29 is 33.5 Å². The lowest BCUT2D eigenvalue weighted by molar-refractivity contribution is -0.145. The average Bonchev–Trinajstić information content (AvgIpc) is 3.74. The van der Waals surface area contributed by atoms with E-state index in [1.54, 1.807) is 0 Å². The largest absolute Gasteiger partial charge is 0.447 e. The van der Waals surface area contributed by atoms with E-state index in [4.69, 9.17) is 10.5 Å². The van der Waals surface area contributed by atoms with Crippen molar-refractivity contribution in [2.24, 2.45) is 40.2 Å². The zero-order valence-electron chi connectivity index (χ0n) is 26.0. The predicted octanol–water partition coefficient (Wildman–Crippen LogP) is 0.903. The van der Waals surface area contributed by atoms with Crippen LogP contribution in [-0.4, -0.2) is 84.9 Å². The standard InChI is InChI=1S/C29H48N6O7/c1-14(2)18(13-42-27(41)31-8)33-26(40)34-22(28(3,4)5)25(39)35-12-16-19(29(16,6)7)20(35)24(38)32-17(11-15-9-10-15)21(36)23(30)37/h14-20,22H,9-13H2,1-8H3,(H2,30,37)(H,31,41)(H,32,38)(H2,33,34,40)/t16-,17?,18+,19-,20-,22+/m0/s1. The van der Waals surface area contributed by atoms with E-state index in [2.05, 4.69) is 21.3 Å². The van der Waals surface area contributed by atoms with Crippen LogP contribution in [0.2, 0.25) is 0 Å². The molecule has 1 aliphatic heterocycles. The number of alkyl carbamates (subject to hydrolysis) is 1. The molecule has 13 nitrogen and oxygen atoms in total. The van der Waals surface area contributed by atoms with Gasteiger partial charge in [-0.05, 0) is 40.9 Å². The number of nitrogens with one attached hydrogen (secondary N) is 4. The first-order valence-corrected chi connectivity index (χ1v) is 14.8. The van der Waals surface area contributed by atoms with Crippen molar-refractivity contribution in [2.45, 2.75) is 91.9 Å². The summed E-state index contributed by atoms with van der Waals surface area (Å²) in [5.41, 5.74) is 4.36. The summed E-state index contributed by atoms with van der Waals surface area (Å²) in [7, 11) is 1.44. The topological polar surface area (TPSA) is 189 Å². The van der Waals surface area contributed by atoms with Gasteiger partial charge < -0.3 is 36.6 Å². The van der Waals surface area contributed by atoms with Crippen LogP contribution in [0.4, 0.5) is 9.59 Å². The van der Waals surface area contributed by atoms with E-state index in [9.17, 15) is 28.8 Å². The van der Waals surface area contributed by atoms with Gasteiger partial charge in [0.2, 0.25) is 17.6 Å². The minimum atomic E-state index is -1.10. The number of fused-ring (bicyclic) bond motifs is 1. The summed E-state index contributed by atoms with van der Waals surface area (Å²) >= 11 is 0. The molecule has 0 aromatic rings. The highest BCUT2D eigenvalue weighted by molar-refractivity contribution is 6.37. The number of hydrogen-bond acceptors (Lipinski definition) is 7. The number of Topliss-reactive ketones (excluding diaryl/α,β-unsaturated/α-hetero) is 1. The maximum Gasteiger partial charge on any atom is 0.406 e. The highest BCUT2D eigenvalue weighted by Gasteiger charge is 2.70. The van der Waals surface area contributed by atoms with Crippen LogP contribution in [0.5, 0.6) is 0 Å². The number of ether oxygens (including phenoxy) is 1. The van der Waals surface area contributed by atoms with Crippen LogP contribution in [0.3, 0.4) is 0 Å². The van der Waals surface area contributed by atoms with Crippen molar-refractivity contribution in [3.8, 4) is 0 Å². The fourth-order valence-electron chi connectivity index (χ4n) is 5.95. The molecule has 13 heteroatoms. The Hall–Kier alpha value is -3.38. The Labute approximate surface area is 247 Å². The summed E-state index contributed by atoms with van der Waals surface area (Å²) < 4.78 is 5.12. The van der Waals surface area contributed by atoms with Gasteiger partial charge in [0.1, 0.15) is 18.7 Å². The van der Waals surface area contributed by atoms with Gasteiger partial charge in [-0.15, -0.1) is 0 Å². The minimum absolute atomic E-state index is 0.0578. The van der Waals surface area contributed by atoms with Crippen LogP contribution in [0.25, 0.3) is 0 Å². The lowest BCUT2D eigenvalue weighted by Gasteiger charge is -2.38. The maximum atomic E-state index is 14.1. The molecule has 3 aliphatic rings. The molecule has 0 aromatic carbocycles. The summed E-state index contributed by atoms with van der Waals surface area (Å²) in [6, 6.07) is -4.00. The number of carbonyl (C=O) groups is 6. The number of primary amides is 1. The summed E-state index contributed by atoms with van der Waals surface area (Å²) in [4.78, 5) is 78.2. The summed E-state index contributed by atoms with van der Waals surface area (Å²) in [5, 5.41) is 10.7. The molecule has 3 fully saturated rings. The third kappa shape index (κ3) is 7.52. The monoisotopic (exact) mass is 592 g/mol. The second kappa shape index (κ2) is 12.5. The smallest absolute Gasteiger partial charge is 0.406 e. The Balaban J connectivity index is 1.78. The number of rotatable bonds is 12. The van der Waals surface area contributed by atoms with Gasteiger partial charge in [0, 0.05) is 13.6 Å². The molecule has 0 spiro atoms.